The van der Waals surface area contributed by atoms with E-state index in [-0.39, 0.29) is 0 Å². The Balaban J connectivity index is 1.39. The minimum atomic E-state index is 0.400. The lowest BCUT2D eigenvalue weighted by atomic mass is 9.97. The highest BCUT2D eigenvalue weighted by Gasteiger charge is 2.28. The number of nitrogens with zero attached hydrogens (tertiary/aromatic N) is 3. The average Bonchev–Trinajstić information content (AvgIpc) is 3.38. The zero-order valence-electron chi connectivity index (χ0n) is 16.3. The topological polar surface area (TPSA) is 60.6 Å². The number of rotatable bonds is 7. The summed E-state index contributed by atoms with van der Waals surface area (Å²) in [5, 5.41) is 4.13. The molecule has 2 heterocycles. The summed E-state index contributed by atoms with van der Waals surface area (Å²) in [7, 11) is 3.37. The highest BCUT2D eigenvalue weighted by atomic mass is 16.5. The van der Waals surface area contributed by atoms with Gasteiger partial charge in [0.05, 0.1) is 20.8 Å². The molecule has 146 valence electrons. The second-order valence-electron chi connectivity index (χ2n) is 7.07. The van der Waals surface area contributed by atoms with Crippen molar-refractivity contribution in [3.05, 3.63) is 71.4 Å². The smallest absolute Gasteiger partial charge is 0.240 e. The molecule has 1 saturated heterocycles. The van der Waals surface area contributed by atoms with E-state index in [2.05, 4.69) is 33.2 Å². The number of likely N-dealkylation sites (tertiary alicyclic amines) is 1. The molecule has 28 heavy (non-hydrogen) atoms. The molecule has 1 aliphatic heterocycles. The van der Waals surface area contributed by atoms with Crippen LogP contribution in [-0.2, 0) is 13.0 Å². The Morgan fingerprint density at radius 2 is 1.93 bits per heavy atom. The number of aromatic nitrogens is 2. The largest absolute Gasteiger partial charge is 0.493 e. The monoisotopic (exact) mass is 379 g/mol. The van der Waals surface area contributed by atoms with E-state index in [0.717, 1.165) is 36.8 Å². The quantitative estimate of drug-likeness (QED) is 0.624. The number of hydrogen-bond donors (Lipinski definition) is 0. The second kappa shape index (κ2) is 8.44. The van der Waals surface area contributed by atoms with E-state index in [1.165, 1.54) is 11.1 Å². The molecule has 3 aromatic rings. The normalized spacial score (nSPS) is 17.0. The summed E-state index contributed by atoms with van der Waals surface area (Å²) in [6, 6.07) is 16.3. The fraction of sp³-hybridized carbons (Fsp3) is 0.364. The van der Waals surface area contributed by atoms with E-state index in [4.69, 9.17) is 14.0 Å². The van der Waals surface area contributed by atoms with Crippen LogP contribution in [0.5, 0.6) is 11.5 Å². The summed E-state index contributed by atoms with van der Waals surface area (Å²) in [5.41, 5.74) is 2.38. The molecule has 2 aromatic carbocycles. The van der Waals surface area contributed by atoms with Crippen LogP contribution >= 0.6 is 0 Å². The fourth-order valence-electron chi connectivity index (χ4n) is 3.86. The zero-order valence-corrected chi connectivity index (χ0v) is 16.3. The number of para-hydroxylation sites is 1. The van der Waals surface area contributed by atoms with Gasteiger partial charge in [-0.2, -0.15) is 4.98 Å². The van der Waals surface area contributed by atoms with Gasteiger partial charge in [-0.05, 0) is 24.6 Å². The molecule has 1 aliphatic rings. The number of methoxy groups -OCH3 is 2. The lowest BCUT2D eigenvalue weighted by molar-refractivity contribution is 0.264. The maximum Gasteiger partial charge on any atom is 0.240 e. The van der Waals surface area contributed by atoms with Gasteiger partial charge in [0, 0.05) is 24.4 Å². The van der Waals surface area contributed by atoms with Gasteiger partial charge in [0.15, 0.2) is 17.3 Å². The standard InChI is InChI=1S/C22H25N3O3/c1-26-19-10-6-9-18(22(19)27-2)17-11-12-25(14-17)15-21-23-20(24-28-21)13-16-7-4-3-5-8-16/h3-10,17H,11-15H2,1-2H3. The molecule has 1 fully saturated rings. The third kappa shape index (κ3) is 4.02. The van der Waals surface area contributed by atoms with Crippen LogP contribution in [-0.4, -0.2) is 42.3 Å². The van der Waals surface area contributed by atoms with E-state index in [0.29, 0.717) is 24.8 Å². The van der Waals surface area contributed by atoms with Crippen molar-refractivity contribution in [3.8, 4) is 11.5 Å². The van der Waals surface area contributed by atoms with Crippen LogP contribution in [0.4, 0.5) is 0 Å². The third-order valence-electron chi connectivity index (χ3n) is 5.22. The summed E-state index contributed by atoms with van der Waals surface area (Å²) < 4.78 is 16.5. The van der Waals surface area contributed by atoms with Crippen LogP contribution in [0.15, 0.2) is 53.1 Å². The average molecular weight is 379 g/mol. The minimum absolute atomic E-state index is 0.400. The van der Waals surface area contributed by atoms with Gasteiger partial charge in [0.1, 0.15) is 0 Å². The first kappa shape index (κ1) is 18.5. The maximum absolute atomic E-state index is 5.61. The third-order valence-corrected chi connectivity index (χ3v) is 5.22. The number of benzene rings is 2. The van der Waals surface area contributed by atoms with E-state index < -0.39 is 0 Å². The van der Waals surface area contributed by atoms with Crippen LogP contribution in [0.3, 0.4) is 0 Å². The number of ether oxygens (including phenoxy) is 2. The molecule has 1 aromatic heterocycles. The van der Waals surface area contributed by atoms with Crippen molar-refractivity contribution < 1.29 is 14.0 Å². The van der Waals surface area contributed by atoms with Crippen molar-refractivity contribution in [3.63, 3.8) is 0 Å². The molecule has 6 heteroatoms. The zero-order chi connectivity index (χ0) is 19.3. The fourth-order valence-corrected chi connectivity index (χ4v) is 3.86. The van der Waals surface area contributed by atoms with Crippen LogP contribution < -0.4 is 9.47 Å². The second-order valence-corrected chi connectivity index (χ2v) is 7.07. The van der Waals surface area contributed by atoms with E-state index in [1.807, 2.05) is 30.3 Å². The molecule has 0 spiro atoms. The first-order chi connectivity index (χ1) is 13.8. The SMILES string of the molecule is COc1cccc(C2CCN(Cc3nc(Cc4ccccc4)no3)C2)c1OC. The summed E-state index contributed by atoms with van der Waals surface area (Å²) in [6.45, 7) is 2.59. The van der Waals surface area contributed by atoms with Gasteiger partial charge < -0.3 is 14.0 Å². The molecular weight excluding hydrogens is 354 g/mol. The molecular formula is C22H25N3O3. The van der Waals surface area contributed by atoms with Gasteiger partial charge in [-0.15, -0.1) is 0 Å². The van der Waals surface area contributed by atoms with Crippen molar-refractivity contribution in [1.29, 1.82) is 0 Å². The van der Waals surface area contributed by atoms with Crippen molar-refractivity contribution in [2.24, 2.45) is 0 Å². The van der Waals surface area contributed by atoms with Crippen LogP contribution in [0.2, 0.25) is 0 Å². The molecule has 0 aliphatic carbocycles. The Hall–Kier alpha value is -2.86. The number of hydrogen-bond acceptors (Lipinski definition) is 6. The summed E-state index contributed by atoms with van der Waals surface area (Å²) >= 11 is 0. The van der Waals surface area contributed by atoms with E-state index in [9.17, 15) is 0 Å². The van der Waals surface area contributed by atoms with Gasteiger partial charge >= 0.3 is 0 Å². The Morgan fingerprint density at radius 1 is 1.07 bits per heavy atom. The Kier molecular flexibility index (Phi) is 5.58. The molecule has 0 saturated carbocycles. The Morgan fingerprint density at radius 3 is 2.71 bits per heavy atom. The maximum atomic E-state index is 5.61. The minimum Gasteiger partial charge on any atom is -0.493 e. The predicted octanol–water partition coefficient (Wildman–Crippen LogP) is 3.67. The van der Waals surface area contributed by atoms with Crippen LogP contribution in [0.1, 0.15) is 35.2 Å². The lowest BCUT2D eigenvalue weighted by Gasteiger charge is -2.18. The Bertz CT molecular complexity index is 910. The van der Waals surface area contributed by atoms with Crippen LogP contribution in [0.25, 0.3) is 0 Å². The first-order valence-electron chi connectivity index (χ1n) is 9.55. The van der Waals surface area contributed by atoms with Crippen molar-refractivity contribution in [2.75, 3.05) is 27.3 Å². The summed E-state index contributed by atoms with van der Waals surface area (Å²) in [4.78, 5) is 6.91. The highest BCUT2D eigenvalue weighted by Crippen LogP contribution is 2.39. The van der Waals surface area contributed by atoms with Gasteiger partial charge in [-0.1, -0.05) is 47.6 Å². The van der Waals surface area contributed by atoms with Gasteiger partial charge in [0.2, 0.25) is 5.89 Å². The summed E-state index contributed by atoms with van der Waals surface area (Å²) in [6.07, 6.45) is 1.75. The van der Waals surface area contributed by atoms with Crippen LogP contribution in [0, 0.1) is 0 Å². The Labute approximate surface area is 165 Å². The van der Waals surface area contributed by atoms with E-state index in [1.54, 1.807) is 14.2 Å². The van der Waals surface area contributed by atoms with Crippen molar-refractivity contribution in [2.45, 2.75) is 25.3 Å². The molecule has 1 unspecified atom stereocenters. The van der Waals surface area contributed by atoms with Crippen molar-refractivity contribution >= 4 is 0 Å². The highest BCUT2D eigenvalue weighted by molar-refractivity contribution is 5.48. The lowest BCUT2D eigenvalue weighted by Crippen LogP contribution is -2.20. The molecule has 0 amide bonds. The van der Waals surface area contributed by atoms with Gasteiger partial charge in [-0.3, -0.25) is 4.90 Å². The molecule has 0 bridgehead atoms. The van der Waals surface area contributed by atoms with Gasteiger partial charge in [-0.25, -0.2) is 0 Å². The molecule has 6 nitrogen and oxygen atoms in total. The molecule has 0 N–H and O–H groups in total. The molecule has 4 rings (SSSR count). The van der Waals surface area contributed by atoms with E-state index >= 15 is 0 Å². The first-order valence-corrected chi connectivity index (χ1v) is 9.55. The molecule has 1 atom stereocenters. The molecule has 0 radical (unpaired) electrons. The van der Waals surface area contributed by atoms with Crippen molar-refractivity contribution in [1.82, 2.24) is 15.0 Å². The summed E-state index contributed by atoms with van der Waals surface area (Å²) in [5.74, 6) is 3.41. The van der Waals surface area contributed by atoms with Gasteiger partial charge in [0.25, 0.3) is 0 Å². The predicted molar refractivity (Wildman–Crippen MR) is 106 cm³/mol.